The van der Waals surface area contributed by atoms with Crippen molar-refractivity contribution in [3.8, 4) is 0 Å². The van der Waals surface area contributed by atoms with Crippen LogP contribution in [0.2, 0.25) is 0 Å². The van der Waals surface area contributed by atoms with Gasteiger partial charge in [-0.2, -0.15) is 0 Å². The van der Waals surface area contributed by atoms with Crippen LogP contribution in [0.15, 0.2) is 0 Å². The summed E-state index contributed by atoms with van der Waals surface area (Å²) >= 11 is 0. The molecule has 0 aromatic heterocycles. The first kappa shape index (κ1) is 6.99. The number of ether oxygens (including phenoxy) is 2. The van der Waals surface area contributed by atoms with Gasteiger partial charge in [0.1, 0.15) is 0 Å². The standard InChI is InChI=1S/C6H13NO2/c1-2-7-5-6-8-3-4-9-6/h6-7H,2-5H2,1H3. The lowest BCUT2D eigenvalue weighted by molar-refractivity contribution is -0.0386. The highest BCUT2D eigenvalue weighted by atomic mass is 16.7. The Labute approximate surface area is 55.3 Å². The normalized spacial score (nSPS) is 21.0. The zero-order chi connectivity index (χ0) is 6.53. The number of nitrogens with one attached hydrogen (secondary N) is 1. The van der Waals surface area contributed by atoms with Gasteiger partial charge in [-0.3, -0.25) is 0 Å². The van der Waals surface area contributed by atoms with E-state index >= 15 is 0 Å². The van der Waals surface area contributed by atoms with E-state index < -0.39 is 0 Å². The summed E-state index contributed by atoms with van der Waals surface area (Å²) in [5, 5.41) is 3.14. The molecule has 3 nitrogen and oxygen atoms in total. The SMILES string of the molecule is CCNCC1OCCO1. The number of hydrogen-bond donors (Lipinski definition) is 1. The molecular weight excluding hydrogens is 118 g/mol. The Balaban J connectivity index is 1.98. The van der Waals surface area contributed by atoms with Crippen LogP contribution in [0.1, 0.15) is 6.92 Å². The Bertz CT molecular complexity index is 71.5. The first-order valence-electron chi connectivity index (χ1n) is 3.37. The summed E-state index contributed by atoms with van der Waals surface area (Å²) in [7, 11) is 0. The summed E-state index contributed by atoms with van der Waals surface area (Å²) in [5.41, 5.74) is 0. The van der Waals surface area contributed by atoms with Crippen LogP contribution in [0.3, 0.4) is 0 Å². The fraction of sp³-hybridized carbons (Fsp3) is 1.00. The van der Waals surface area contributed by atoms with Crippen molar-refractivity contribution in [3.05, 3.63) is 0 Å². The summed E-state index contributed by atoms with van der Waals surface area (Å²) in [5.74, 6) is 0. The van der Waals surface area contributed by atoms with E-state index in [4.69, 9.17) is 9.47 Å². The van der Waals surface area contributed by atoms with Gasteiger partial charge in [0.05, 0.1) is 13.2 Å². The molecule has 1 fully saturated rings. The maximum atomic E-state index is 5.17. The lowest BCUT2D eigenvalue weighted by Crippen LogP contribution is -2.26. The summed E-state index contributed by atoms with van der Waals surface area (Å²) < 4.78 is 10.3. The molecule has 1 heterocycles. The van der Waals surface area contributed by atoms with Crippen LogP contribution in [-0.2, 0) is 9.47 Å². The molecule has 0 bridgehead atoms. The average Bonchev–Trinajstić information content (AvgIpc) is 2.34. The van der Waals surface area contributed by atoms with Gasteiger partial charge in [-0.25, -0.2) is 0 Å². The van der Waals surface area contributed by atoms with Crippen LogP contribution in [0.25, 0.3) is 0 Å². The summed E-state index contributed by atoms with van der Waals surface area (Å²) in [6, 6.07) is 0. The maximum Gasteiger partial charge on any atom is 0.170 e. The predicted molar refractivity (Wildman–Crippen MR) is 34.2 cm³/mol. The highest BCUT2D eigenvalue weighted by Crippen LogP contribution is 2.00. The Morgan fingerprint density at radius 3 is 2.67 bits per heavy atom. The molecule has 0 saturated carbocycles. The van der Waals surface area contributed by atoms with E-state index in [9.17, 15) is 0 Å². The van der Waals surface area contributed by atoms with Crippen molar-refractivity contribution in [1.29, 1.82) is 0 Å². The van der Waals surface area contributed by atoms with Gasteiger partial charge < -0.3 is 14.8 Å². The second-order valence-corrected chi connectivity index (χ2v) is 1.98. The number of likely N-dealkylation sites (N-methyl/N-ethyl adjacent to an activating group) is 1. The molecule has 54 valence electrons. The van der Waals surface area contributed by atoms with Gasteiger partial charge in [-0.15, -0.1) is 0 Å². The van der Waals surface area contributed by atoms with Crippen LogP contribution in [0.5, 0.6) is 0 Å². The van der Waals surface area contributed by atoms with Crippen molar-refractivity contribution in [2.24, 2.45) is 0 Å². The minimum Gasteiger partial charge on any atom is -0.349 e. The summed E-state index contributed by atoms with van der Waals surface area (Å²) in [6.45, 7) is 5.35. The van der Waals surface area contributed by atoms with Gasteiger partial charge >= 0.3 is 0 Å². The molecule has 1 saturated heterocycles. The largest absolute Gasteiger partial charge is 0.349 e. The van der Waals surface area contributed by atoms with E-state index in [-0.39, 0.29) is 6.29 Å². The highest BCUT2D eigenvalue weighted by molar-refractivity contribution is 4.54. The molecule has 0 aromatic carbocycles. The molecule has 0 unspecified atom stereocenters. The van der Waals surface area contributed by atoms with E-state index in [1.54, 1.807) is 0 Å². The molecule has 0 radical (unpaired) electrons. The number of hydrogen-bond acceptors (Lipinski definition) is 3. The Hall–Kier alpha value is -0.120. The third kappa shape index (κ3) is 2.30. The molecule has 9 heavy (non-hydrogen) atoms. The predicted octanol–water partition coefficient (Wildman–Crippen LogP) is -0.0312. The van der Waals surface area contributed by atoms with Crippen LogP contribution in [0, 0.1) is 0 Å². The lowest BCUT2D eigenvalue weighted by Gasteiger charge is -2.07. The summed E-state index contributed by atoms with van der Waals surface area (Å²) in [6.07, 6.45) is 0.00458. The molecule has 1 aliphatic heterocycles. The van der Waals surface area contributed by atoms with Crippen molar-refractivity contribution in [3.63, 3.8) is 0 Å². The average molecular weight is 131 g/mol. The van der Waals surface area contributed by atoms with Crippen molar-refractivity contribution in [2.75, 3.05) is 26.3 Å². The third-order valence-electron chi connectivity index (χ3n) is 1.25. The van der Waals surface area contributed by atoms with Crippen LogP contribution < -0.4 is 5.32 Å². The Morgan fingerprint density at radius 2 is 2.11 bits per heavy atom. The molecule has 0 spiro atoms. The first-order valence-corrected chi connectivity index (χ1v) is 3.37. The van der Waals surface area contributed by atoms with Crippen molar-refractivity contribution in [2.45, 2.75) is 13.2 Å². The van der Waals surface area contributed by atoms with E-state index in [0.717, 1.165) is 26.3 Å². The zero-order valence-electron chi connectivity index (χ0n) is 5.72. The lowest BCUT2D eigenvalue weighted by atomic mass is 10.6. The highest BCUT2D eigenvalue weighted by Gasteiger charge is 2.13. The minimum absolute atomic E-state index is 0.00458. The van der Waals surface area contributed by atoms with Gasteiger partial charge in [0.15, 0.2) is 6.29 Å². The molecule has 0 aromatic rings. The molecule has 0 aliphatic carbocycles. The summed E-state index contributed by atoms with van der Waals surface area (Å²) in [4.78, 5) is 0. The monoisotopic (exact) mass is 131 g/mol. The molecule has 1 rings (SSSR count). The fourth-order valence-corrected chi connectivity index (χ4v) is 0.787. The van der Waals surface area contributed by atoms with E-state index in [2.05, 4.69) is 12.2 Å². The van der Waals surface area contributed by atoms with Crippen LogP contribution in [-0.4, -0.2) is 32.6 Å². The number of rotatable bonds is 3. The van der Waals surface area contributed by atoms with Gasteiger partial charge in [0.2, 0.25) is 0 Å². The smallest absolute Gasteiger partial charge is 0.170 e. The molecule has 1 N–H and O–H groups in total. The maximum absolute atomic E-state index is 5.17. The second-order valence-electron chi connectivity index (χ2n) is 1.98. The Morgan fingerprint density at radius 1 is 1.44 bits per heavy atom. The molecular formula is C6H13NO2. The first-order chi connectivity index (χ1) is 4.43. The van der Waals surface area contributed by atoms with Crippen molar-refractivity contribution in [1.82, 2.24) is 5.32 Å². The van der Waals surface area contributed by atoms with Crippen molar-refractivity contribution >= 4 is 0 Å². The van der Waals surface area contributed by atoms with E-state index in [1.165, 1.54) is 0 Å². The molecule has 1 aliphatic rings. The van der Waals surface area contributed by atoms with E-state index in [1.807, 2.05) is 0 Å². The van der Waals surface area contributed by atoms with Gasteiger partial charge in [0.25, 0.3) is 0 Å². The Kier molecular flexibility index (Phi) is 2.97. The molecule has 0 amide bonds. The van der Waals surface area contributed by atoms with Gasteiger partial charge in [0, 0.05) is 6.54 Å². The third-order valence-corrected chi connectivity index (χ3v) is 1.25. The zero-order valence-corrected chi connectivity index (χ0v) is 5.72. The minimum atomic E-state index is 0.00458. The molecule has 3 heteroatoms. The van der Waals surface area contributed by atoms with Gasteiger partial charge in [-0.05, 0) is 6.54 Å². The van der Waals surface area contributed by atoms with Crippen LogP contribution in [0.4, 0.5) is 0 Å². The molecule has 0 atom stereocenters. The second kappa shape index (κ2) is 3.82. The quantitative estimate of drug-likeness (QED) is 0.583. The van der Waals surface area contributed by atoms with E-state index in [0.29, 0.717) is 0 Å². The van der Waals surface area contributed by atoms with Crippen LogP contribution >= 0.6 is 0 Å². The fourth-order valence-electron chi connectivity index (χ4n) is 0.787. The van der Waals surface area contributed by atoms with Gasteiger partial charge in [-0.1, -0.05) is 6.92 Å². The van der Waals surface area contributed by atoms with Crippen molar-refractivity contribution < 1.29 is 9.47 Å². The topological polar surface area (TPSA) is 30.5 Å².